The van der Waals surface area contributed by atoms with Crippen LogP contribution >= 0.6 is 11.8 Å². The molecule has 148 valence electrons. The summed E-state index contributed by atoms with van der Waals surface area (Å²) >= 11 is 2.02. The van der Waals surface area contributed by atoms with Crippen molar-refractivity contribution in [3.63, 3.8) is 0 Å². The van der Waals surface area contributed by atoms with Gasteiger partial charge >= 0.3 is 0 Å². The molecule has 0 saturated carbocycles. The molecule has 1 aliphatic heterocycles. The van der Waals surface area contributed by atoms with Crippen LogP contribution in [0.25, 0.3) is 5.57 Å². The average molecular weight is 397 g/mol. The molecule has 1 N–H and O–H groups in total. The first-order valence-electron chi connectivity index (χ1n) is 9.59. The summed E-state index contributed by atoms with van der Waals surface area (Å²) in [5.41, 5.74) is 5.08. The van der Waals surface area contributed by atoms with E-state index in [1.165, 1.54) is 17.1 Å². The van der Waals surface area contributed by atoms with Crippen LogP contribution in [0.1, 0.15) is 23.6 Å². The molecule has 1 amide bonds. The van der Waals surface area contributed by atoms with E-state index in [1.807, 2.05) is 55.1 Å². The van der Waals surface area contributed by atoms with Crippen LogP contribution in [-0.2, 0) is 11.3 Å². The van der Waals surface area contributed by atoms with Gasteiger partial charge in [-0.25, -0.2) is 0 Å². The van der Waals surface area contributed by atoms with Crippen molar-refractivity contribution in [2.24, 2.45) is 0 Å². The Bertz CT molecular complexity index is 857. The lowest BCUT2D eigenvalue weighted by Crippen LogP contribution is -2.32. The minimum Gasteiger partial charge on any atom is -0.496 e. The highest BCUT2D eigenvalue weighted by molar-refractivity contribution is 7.99. The predicted molar refractivity (Wildman–Crippen MR) is 119 cm³/mol. The number of anilines is 1. The third kappa shape index (κ3) is 5.18. The first-order valence-corrected chi connectivity index (χ1v) is 10.7. The largest absolute Gasteiger partial charge is 0.496 e. The average Bonchev–Trinajstić information content (AvgIpc) is 2.71. The molecule has 5 heteroatoms. The number of ether oxygens (including phenoxy) is 1. The predicted octanol–water partition coefficient (Wildman–Crippen LogP) is 4.59. The minimum absolute atomic E-state index is 0.127. The standard InChI is InChI=1S/C23H28N2O2S/c1-17(20-8-4-5-10-22(20)27-3)15-23(26)24-21-9-6-7-19(18(21)2)16-25-11-13-28-14-12-25/h4-10,15H,11-14,16H2,1-3H3,(H,24,26)/b17-15+. The number of carbonyl (C=O) groups is 1. The van der Waals surface area contributed by atoms with E-state index in [1.54, 1.807) is 13.2 Å². The molecule has 2 aromatic rings. The van der Waals surface area contributed by atoms with Gasteiger partial charge in [0.2, 0.25) is 5.91 Å². The first-order chi connectivity index (χ1) is 13.6. The summed E-state index contributed by atoms with van der Waals surface area (Å²) in [5.74, 6) is 3.03. The Hall–Kier alpha value is -2.24. The summed E-state index contributed by atoms with van der Waals surface area (Å²) in [7, 11) is 1.64. The highest BCUT2D eigenvalue weighted by atomic mass is 32.2. The van der Waals surface area contributed by atoms with Gasteiger partial charge in [-0.15, -0.1) is 0 Å². The van der Waals surface area contributed by atoms with Gasteiger partial charge in [-0.05, 0) is 42.7 Å². The fourth-order valence-electron chi connectivity index (χ4n) is 3.40. The molecule has 1 fully saturated rings. The molecule has 28 heavy (non-hydrogen) atoms. The van der Waals surface area contributed by atoms with Crippen LogP contribution in [0.3, 0.4) is 0 Å². The number of nitrogens with one attached hydrogen (secondary N) is 1. The monoisotopic (exact) mass is 396 g/mol. The third-order valence-electron chi connectivity index (χ3n) is 5.08. The van der Waals surface area contributed by atoms with Gasteiger partial charge in [0.1, 0.15) is 5.75 Å². The summed E-state index contributed by atoms with van der Waals surface area (Å²) in [4.78, 5) is 15.1. The highest BCUT2D eigenvalue weighted by Gasteiger charge is 2.14. The number of amides is 1. The van der Waals surface area contributed by atoms with Crippen molar-refractivity contribution in [3.8, 4) is 5.75 Å². The van der Waals surface area contributed by atoms with Crippen molar-refractivity contribution >= 4 is 28.9 Å². The summed E-state index contributed by atoms with van der Waals surface area (Å²) in [6, 6.07) is 13.9. The minimum atomic E-state index is -0.127. The normalized spacial score (nSPS) is 15.3. The fourth-order valence-corrected chi connectivity index (χ4v) is 4.38. The van der Waals surface area contributed by atoms with Crippen molar-refractivity contribution in [2.75, 3.05) is 37.0 Å². The van der Waals surface area contributed by atoms with Crippen LogP contribution in [0, 0.1) is 6.92 Å². The molecule has 0 aromatic heterocycles. The molecule has 1 aliphatic rings. The zero-order valence-corrected chi connectivity index (χ0v) is 17.6. The van der Waals surface area contributed by atoms with Crippen molar-refractivity contribution in [2.45, 2.75) is 20.4 Å². The lowest BCUT2D eigenvalue weighted by molar-refractivity contribution is -0.111. The fraction of sp³-hybridized carbons (Fsp3) is 0.348. The molecule has 0 bridgehead atoms. The van der Waals surface area contributed by atoms with E-state index >= 15 is 0 Å². The maximum atomic E-state index is 12.6. The molecular formula is C23H28N2O2S. The van der Waals surface area contributed by atoms with Gasteiger partial charge in [-0.2, -0.15) is 11.8 Å². The highest BCUT2D eigenvalue weighted by Crippen LogP contribution is 2.26. The summed E-state index contributed by atoms with van der Waals surface area (Å²) in [6.07, 6.45) is 1.63. The van der Waals surface area contributed by atoms with Gasteiger partial charge < -0.3 is 10.1 Å². The number of nitrogens with zero attached hydrogens (tertiary/aromatic N) is 1. The molecule has 0 atom stereocenters. The van der Waals surface area contributed by atoms with E-state index in [-0.39, 0.29) is 5.91 Å². The number of thioether (sulfide) groups is 1. The van der Waals surface area contributed by atoms with Crippen LogP contribution in [0.4, 0.5) is 5.69 Å². The number of allylic oxidation sites excluding steroid dienone is 1. The molecule has 2 aromatic carbocycles. The van der Waals surface area contributed by atoms with E-state index in [2.05, 4.69) is 23.2 Å². The Kier molecular flexibility index (Phi) is 7.18. The second kappa shape index (κ2) is 9.80. The van der Waals surface area contributed by atoms with Gasteiger partial charge in [-0.3, -0.25) is 9.69 Å². The van der Waals surface area contributed by atoms with Crippen molar-refractivity contribution in [1.82, 2.24) is 4.90 Å². The molecule has 0 spiro atoms. The van der Waals surface area contributed by atoms with Crippen LogP contribution in [0.5, 0.6) is 5.75 Å². The van der Waals surface area contributed by atoms with Gasteiger partial charge in [0.25, 0.3) is 0 Å². The summed E-state index contributed by atoms with van der Waals surface area (Å²) in [5, 5.41) is 3.05. The van der Waals surface area contributed by atoms with E-state index < -0.39 is 0 Å². The Balaban J connectivity index is 1.72. The molecular weight excluding hydrogens is 368 g/mol. The van der Waals surface area contributed by atoms with E-state index in [0.717, 1.165) is 47.8 Å². The SMILES string of the molecule is COc1ccccc1/C(C)=C/C(=O)Nc1cccc(CN2CCSCC2)c1C. The Morgan fingerprint density at radius 1 is 1.18 bits per heavy atom. The number of carbonyl (C=O) groups excluding carboxylic acids is 1. The first kappa shape index (κ1) is 20.5. The number of hydrogen-bond donors (Lipinski definition) is 1. The smallest absolute Gasteiger partial charge is 0.248 e. The van der Waals surface area contributed by atoms with Crippen molar-refractivity contribution in [3.05, 3.63) is 65.2 Å². The molecule has 0 aliphatic carbocycles. The lowest BCUT2D eigenvalue weighted by atomic mass is 10.0. The Morgan fingerprint density at radius 2 is 1.93 bits per heavy atom. The van der Waals surface area contributed by atoms with Crippen LogP contribution in [0.2, 0.25) is 0 Å². The zero-order chi connectivity index (χ0) is 19.9. The van der Waals surface area contributed by atoms with Crippen molar-refractivity contribution < 1.29 is 9.53 Å². The van der Waals surface area contributed by atoms with Crippen LogP contribution in [-0.4, -0.2) is 42.5 Å². The van der Waals surface area contributed by atoms with Crippen molar-refractivity contribution in [1.29, 1.82) is 0 Å². The molecule has 3 rings (SSSR count). The van der Waals surface area contributed by atoms with E-state index in [0.29, 0.717) is 0 Å². The number of rotatable bonds is 6. The van der Waals surface area contributed by atoms with Gasteiger partial charge in [0, 0.05) is 48.5 Å². The quantitative estimate of drug-likeness (QED) is 0.725. The summed E-state index contributed by atoms with van der Waals surface area (Å²) in [6.45, 7) is 7.20. The molecule has 1 saturated heterocycles. The number of para-hydroxylation sites is 1. The molecule has 0 radical (unpaired) electrons. The van der Waals surface area contributed by atoms with Gasteiger partial charge in [-0.1, -0.05) is 30.3 Å². The maximum absolute atomic E-state index is 12.6. The zero-order valence-electron chi connectivity index (χ0n) is 16.8. The topological polar surface area (TPSA) is 41.6 Å². The van der Waals surface area contributed by atoms with Gasteiger partial charge in [0.05, 0.1) is 7.11 Å². The second-order valence-electron chi connectivity index (χ2n) is 7.00. The Morgan fingerprint density at radius 3 is 2.68 bits per heavy atom. The number of methoxy groups -OCH3 is 1. The van der Waals surface area contributed by atoms with E-state index in [9.17, 15) is 4.79 Å². The lowest BCUT2D eigenvalue weighted by Gasteiger charge is -2.27. The van der Waals surface area contributed by atoms with Gasteiger partial charge in [0.15, 0.2) is 0 Å². The summed E-state index contributed by atoms with van der Waals surface area (Å²) < 4.78 is 5.39. The van der Waals surface area contributed by atoms with E-state index in [4.69, 9.17) is 4.74 Å². The van der Waals surface area contributed by atoms with Crippen LogP contribution < -0.4 is 10.1 Å². The number of benzene rings is 2. The second-order valence-corrected chi connectivity index (χ2v) is 8.22. The van der Waals surface area contributed by atoms with Crippen LogP contribution in [0.15, 0.2) is 48.5 Å². The third-order valence-corrected chi connectivity index (χ3v) is 6.02. The number of hydrogen-bond acceptors (Lipinski definition) is 4. The molecule has 0 unspecified atom stereocenters. The maximum Gasteiger partial charge on any atom is 0.248 e. The molecule has 4 nitrogen and oxygen atoms in total. The Labute approximate surface area is 172 Å². The molecule has 1 heterocycles.